The molecule has 7 unspecified atom stereocenters. The number of aliphatic hydroxyl groups is 11. The topological polar surface area (TPSA) is 269 Å². The number of ether oxygens (including phenoxy) is 5. The van der Waals surface area contributed by atoms with Crippen LogP contribution in [-0.2, 0) is 23.7 Å². The first-order chi connectivity index (χ1) is 16.0. The Hall–Kier alpha value is -0.640. The molecule has 16 heteroatoms. The first-order valence-electron chi connectivity index (χ1n) is 10.6. The Morgan fingerprint density at radius 3 is 1.35 bits per heavy atom. The van der Waals surface area contributed by atoms with E-state index in [0.29, 0.717) is 0 Å². The summed E-state index contributed by atoms with van der Waals surface area (Å²) in [5.74, 6) is 0. The molecule has 16 nitrogen and oxygen atoms in total. The lowest BCUT2D eigenvalue weighted by atomic mass is 9.96. The molecule has 3 rings (SSSR count). The molecule has 0 amide bonds. The van der Waals surface area contributed by atoms with E-state index in [1.54, 1.807) is 0 Å². The van der Waals surface area contributed by atoms with E-state index in [1.807, 2.05) is 0 Å². The van der Waals surface area contributed by atoms with Crippen molar-refractivity contribution in [1.82, 2.24) is 0 Å². The van der Waals surface area contributed by atoms with Crippen molar-refractivity contribution >= 4 is 0 Å². The Kier molecular flexibility index (Phi) is 9.54. The molecule has 0 bridgehead atoms. The minimum Gasteiger partial charge on any atom is -0.394 e. The molecule has 3 heterocycles. The number of hydrogen-bond acceptors (Lipinski definition) is 16. The van der Waals surface area contributed by atoms with Gasteiger partial charge < -0.3 is 79.9 Å². The van der Waals surface area contributed by atoms with E-state index >= 15 is 0 Å². The van der Waals surface area contributed by atoms with E-state index in [9.17, 15) is 56.2 Å². The van der Waals surface area contributed by atoms with Crippen LogP contribution in [0, 0.1) is 0 Å². The third-order valence-corrected chi connectivity index (χ3v) is 6.09. The Balaban J connectivity index is 1.78. The highest BCUT2D eigenvalue weighted by Gasteiger charge is 2.53. The zero-order chi connectivity index (χ0) is 25.3. The Labute approximate surface area is 192 Å². The molecule has 0 saturated carbocycles. The van der Waals surface area contributed by atoms with Gasteiger partial charge in [0.2, 0.25) is 0 Å². The molecule has 34 heavy (non-hydrogen) atoms. The van der Waals surface area contributed by atoms with Crippen LogP contribution >= 0.6 is 0 Å². The fourth-order valence-corrected chi connectivity index (χ4v) is 4.04. The van der Waals surface area contributed by atoms with Gasteiger partial charge in [0.15, 0.2) is 18.9 Å². The van der Waals surface area contributed by atoms with Crippen LogP contribution in [0.25, 0.3) is 0 Å². The quantitative estimate of drug-likeness (QED) is 0.154. The lowest BCUT2D eigenvalue weighted by Crippen LogP contribution is -2.66. The predicted octanol–water partition coefficient (Wildman–Crippen LogP) is -7.57. The van der Waals surface area contributed by atoms with Crippen LogP contribution in [0.5, 0.6) is 0 Å². The lowest BCUT2D eigenvalue weighted by molar-refractivity contribution is -0.379. The SMILES string of the molecule is OCC1O[C@@H](O[C@@H]2C(O)[C@H](O[C@@H]3C(O)C(O)OC(CO)[C@H]3O)OC(CO)[C@H]2O)C(O)[C@@H](O)[C@@H]1O. The van der Waals surface area contributed by atoms with Crippen molar-refractivity contribution in [2.45, 2.75) is 92.1 Å². The van der Waals surface area contributed by atoms with Crippen LogP contribution in [0.4, 0.5) is 0 Å². The molecule has 0 radical (unpaired) electrons. The van der Waals surface area contributed by atoms with Crippen LogP contribution in [0.15, 0.2) is 0 Å². The van der Waals surface area contributed by atoms with E-state index in [1.165, 1.54) is 0 Å². The van der Waals surface area contributed by atoms with E-state index < -0.39 is 112 Å². The second-order valence-corrected chi connectivity index (χ2v) is 8.33. The molecule has 3 fully saturated rings. The van der Waals surface area contributed by atoms with Gasteiger partial charge in [-0.25, -0.2) is 0 Å². The molecule has 0 aliphatic carbocycles. The molecule has 0 aromatic heterocycles. The highest BCUT2D eigenvalue weighted by Crippen LogP contribution is 2.32. The van der Waals surface area contributed by atoms with Crippen LogP contribution in [0.1, 0.15) is 0 Å². The molecule has 3 saturated heterocycles. The third-order valence-electron chi connectivity index (χ3n) is 6.09. The van der Waals surface area contributed by atoms with Crippen molar-refractivity contribution in [3.8, 4) is 0 Å². The van der Waals surface area contributed by atoms with Crippen molar-refractivity contribution < 1.29 is 79.9 Å². The highest BCUT2D eigenvalue weighted by atomic mass is 16.7. The van der Waals surface area contributed by atoms with Crippen LogP contribution in [0.3, 0.4) is 0 Å². The highest BCUT2D eigenvalue weighted by molar-refractivity contribution is 4.96. The van der Waals surface area contributed by atoms with Gasteiger partial charge in [-0.2, -0.15) is 0 Å². The number of aliphatic hydroxyl groups excluding tert-OH is 11. The van der Waals surface area contributed by atoms with Gasteiger partial charge in [0.25, 0.3) is 0 Å². The summed E-state index contributed by atoms with van der Waals surface area (Å²) in [6, 6.07) is 0. The summed E-state index contributed by atoms with van der Waals surface area (Å²) in [7, 11) is 0. The van der Waals surface area contributed by atoms with Gasteiger partial charge in [0.05, 0.1) is 19.8 Å². The van der Waals surface area contributed by atoms with E-state index in [4.69, 9.17) is 23.7 Å². The zero-order valence-corrected chi connectivity index (χ0v) is 17.7. The lowest BCUT2D eigenvalue weighted by Gasteiger charge is -2.47. The minimum atomic E-state index is -1.92. The van der Waals surface area contributed by atoms with Gasteiger partial charge in [-0.3, -0.25) is 0 Å². The summed E-state index contributed by atoms with van der Waals surface area (Å²) < 4.78 is 26.2. The van der Waals surface area contributed by atoms with Crippen molar-refractivity contribution in [2.75, 3.05) is 19.8 Å². The number of rotatable bonds is 7. The maximum atomic E-state index is 10.7. The fourth-order valence-electron chi connectivity index (χ4n) is 4.04. The Morgan fingerprint density at radius 1 is 0.441 bits per heavy atom. The second-order valence-electron chi connectivity index (χ2n) is 8.33. The molecule has 15 atom stereocenters. The standard InChI is InChI=1S/C18H32O16/c19-1-4-7(22)10(25)11(26)17(31-4)34-15-9(24)6(3-21)32-18(13(15)28)33-14-8(23)5(2-20)30-16(29)12(14)27/h4-29H,1-3H2/t4?,5?,6?,7-,8-,9-,10+,11?,12?,13?,14+,15+,16?,17+,18+/m1/s1. The molecule has 3 aliphatic rings. The van der Waals surface area contributed by atoms with Crippen molar-refractivity contribution in [2.24, 2.45) is 0 Å². The summed E-state index contributed by atoms with van der Waals surface area (Å²) in [5.41, 5.74) is 0. The molecule has 0 aromatic carbocycles. The summed E-state index contributed by atoms with van der Waals surface area (Å²) in [5, 5.41) is 110. The molecule has 0 aromatic rings. The molecule has 200 valence electrons. The predicted molar refractivity (Wildman–Crippen MR) is 101 cm³/mol. The average molecular weight is 504 g/mol. The summed E-state index contributed by atoms with van der Waals surface area (Å²) >= 11 is 0. The van der Waals surface area contributed by atoms with Gasteiger partial charge in [-0.1, -0.05) is 0 Å². The maximum Gasteiger partial charge on any atom is 0.187 e. The minimum absolute atomic E-state index is 0.750. The monoisotopic (exact) mass is 504 g/mol. The van der Waals surface area contributed by atoms with Gasteiger partial charge >= 0.3 is 0 Å². The Morgan fingerprint density at radius 2 is 0.853 bits per heavy atom. The van der Waals surface area contributed by atoms with Crippen LogP contribution in [0.2, 0.25) is 0 Å². The molecule has 3 aliphatic heterocycles. The van der Waals surface area contributed by atoms with Gasteiger partial charge in [0.1, 0.15) is 73.2 Å². The van der Waals surface area contributed by atoms with Crippen molar-refractivity contribution in [3.05, 3.63) is 0 Å². The number of hydrogen-bond donors (Lipinski definition) is 11. The molecule has 11 N–H and O–H groups in total. The average Bonchev–Trinajstić information content (AvgIpc) is 2.82. The maximum absolute atomic E-state index is 10.7. The first kappa shape index (κ1) is 27.9. The van der Waals surface area contributed by atoms with E-state index in [2.05, 4.69) is 0 Å². The van der Waals surface area contributed by atoms with E-state index in [0.717, 1.165) is 0 Å². The van der Waals surface area contributed by atoms with Gasteiger partial charge in [-0.05, 0) is 0 Å². The van der Waals surface area contributed by atoms with Gasteiger partial charge in [0, 0.05) is 0 Å². The van der Waals surface area contributed by atoms with Gasteiger partial charge in [-0.15, -0.1) is 0 Å². The van der Waals surface area contributed by atoms with Crippen molar-refractivity contribution in [1.29, 1.82) is 0 Å². The smallest absolute Gasteiger partial charge is 0.187 e. The van der Waals surface area contributed by atoms with E-state index in [-0.39, 0.29) is 0 Å². The second kappa shape index (κ2) is 11.6. The summed E-state index contributed by atoms with van der Waals surface area (Å²) in [6.07, 6.45) is -25.5. The largest absolute Gasteiger partial charge is 0.394 e. The van der Waals surface area contributed by atoms with Crippen molar-refractivity contribution in [3.63, 3.8) is 0 Å². The molecular formula is C18H32O16. The molecule has 0 spiro atoms. The fraction of sp³-hybridized carbons (Fsp3) is 1.00. The Bertz CT molecular complexity index is 639. The molecular weight excluding hydrogens is 472 g/mol. The first-order valence-corrected chi connectivity index (χ1v) is 10.6. The third kappa shape index (κ3) is 5.37. The van der Waals surface area contributed by atoms with Crippen LogP contribution in [-0.4, -0.2) is 168 Å². The summed E-state index contributed by atoms with van der Waals surface area (Å²) in [6.45, 7) is -2.33. The normalized spacial score (nSPS) is 52.5. The zero-order valence-electron chi connectivity index (χ0n) is 17.7. The van der Waals surface area contributed by atoms with Crippen LogP contribution < -0.4 is 0 Å². The summed E-state index contributed by atoms with van der Waals surface area (Å²) in [4.78, 5) is 0.